The molecular weight excluding hydrogens is 178 g/mol. The molecule has 0 fully saturated rings. The minimum Gasteiger partial charge on any atom is -0.387 e. The summed E-state index contributed by atoms with van der Waals surface area (Å²) in [7, 11) is 0. The fourth-order valence-electron chi connectivity index (χ4n) is 1.26. The van der Waals surface area contributed by atoms with Gasteiger partial charge < -0.3 is 10.8 Å². The normalized spacial score (nSPS) is 15.9. The molecule has 1 rings (SSSR count). The number of hydrogen-bond acceptors (Lipinski definition) is 3. The number of aliphatic hydroxyl groups excluding tert-OH is 1. The topological polar surface area (TPSA) is 64.1 Å². The lowest BCUT2D eigenvalue weighted by atomic mass is 10.0. The summed E-state index contributed by atoms with van der Waals surface area (Å²) in [6.45, 7) is 6.05. The second kappa shape index (κ2) is 4.57. The number of aliphatic hydroxyl groups is 1. The van der Waals surface area contributed by atoms with E-state index in [9.17, 15) is 5.11 Å². The van der Waals surface area contributed by atoms with E-state index >= 15 is 0 Å². The first-order valence-electron chi connectivity index (χ1n) is 5.04. The van der Waals surface area contributed by atoms with E-state index in [1.165, 1.54) is 0 Å². The van der Waals surface area contributed by atoms with Gasteiger partial charge in [-0.1, -0.05) is 6.92 Å². The molecule has 80 valence electrons. The molecule has 4 nitrogen and oxygen atoms in total. The lowest BCUT2D eigenvalue weighted by Crippen LogP contribution is -2.27. The van der Waals surface area contributed by atoms with Crippen LogP contribution in [0.15, 0.2) is 12.4 Å². The third-order valence-corrected chi connectivity index (χ3v) is 2.37. The molecule has 4 heteroatoms. The fraction of sp³-hybridized carbons (Fsp3) is 0.700. The summed E-state index contributed by atoms with van der Waals surface area (Å²) in [6.07, 6.45) is 3.69. The van der Waals surface area contributed by atoms with Gasteiger partial charge in [0.05, 0.1) is 12.3 Å². The van der Waals surface area contributed by atoms with Crippen LogP contribution >= 0.6 is 0 Å². The van der Waals surface area contributed by atoms with Crippen molar-refractivity contribution in [2.45, 2.75) is 45.4 Å². The van der Waals surface area contributed by atoms with Crippen LogP contribution in [0.3, 0.4) is 0 Å². The summed E-state index contributed by atoms with van der Waals surface area (Å²) in [6, 6.07) is 0.105. The third-order valence-electron chi connectivity index (χ3n) is 2.37. The van der Waals surface area contributed by atoms with E-state index in [0.29, 0.717) is 6.04 Å². The van der Waals surface area contributed by atoms with Crippen molar-refractivity contribution in [3.63, 3.8) is 0 Å². The van der Waals surface area contributed by atoms with Gasteiger partial charge in [0.15, 0.2) is 0 Å². The quantitative estimate of drug-likeness (QED) is 0.763. The predicted octanol–water partition coefficient (Wildman–Crippen LogP) is 1.23. The Morgan fingerprint density at radius 2 is 2.21 bits per heavy atom. The summed E-state index contributed by atoms with van der Waals surface area (Å²) < 4.78 is 1.82. The monoisotopic (exact) mass is 197 g/mol. The average Bonchev–Trinajstić information content (AvgIpc) is 2.64. The van der Waals surface area contributed by atoms with E-state index in [0.717, 1.165) is 12.0 Å². The molecule has 1 aromatic heterocycles. The largest absolute Gasteiger partial charge is 0.387 e. The SMILES string of the molecule is CCC(N)C(O)c1cnn(C(C)C)c1. The van der Waals surface area contributed by atoms with Gasteiger partial charge in [-0.2, -0.15) is 5.10 Å². The van der Waals surface area contributed by atoms with Gasteiger partial charge in [0, 0.05) is 23.8 Å². The van der Waals surface area contributed by atoms with Crippen LogP contribution in [0.5, 0.6) is 0 Å². The van der Waals surface area contributed by atoms with Gasteiger partial charge in [-0.3, -0.25) is 4.68 Å². The van der Waals surface area contributed by atoms with Gasteiger partial charge in [-0.15, -0.1) is 0 Å². The molecule has 0 bridgehead atoms. The van der Waals surface area contributed by atoms with Crippen molar-refractivity contribution in [1.29, 1.82) is 0 Å². The summed E-state index contributed by atoms with van der Waals surface area (Å²) in [5.41, 5.74) is 6.55. The van der Waals surface area contributed by atoms with E-state index in [2.05, 4.69) is 5.10 Å². The van der Waals surface area contributed by atoms with Gasteiger partial charge in [-0.05, 0) is 20.3 Å². The van der Waals surface area contributed by atoms with E-state index in [1.807, 2.05) is 31.6 Å². The zero-order chi connectivity index (χ0) is 10.7. The van der Waals surface area contributed by atoms with Gasteiger partial charge >= 0.3 is 0 Å². The third kappa shape index (κ3) is 2.33. The van der Waals surface area contributed by atoms with Crippen molar-refractivity contribution in [2.24, 2.45) is 5.73 Å². The van der Waals surface area contributed by atoms with Crippen molar-refractivity contribution in [3.8, 4) is 0 Å². The van der Waals surface area contributed by atoms with Crippen molar-refractivity contribution in [2.75, 3.05) is 0 Å². The Bertz CT molecular complexity index is 283. The molecule has 0 radical (unpaired) electrons. The molecule has 2 unspecified atom stereocenters. The highest BCUT2D eigenvalue weighted by Crippen LogP contribution is 2.17. The maximum Gasteiger partial charge on any atom is 0.0971 e. The maximum absolute atomic E-state index is 9.81. The molecule has 3 N–H and O–H groups in total. The predicted molar refractivity (Wildman–Crippen MR) is 55.8 cm³/mol. The highest BCUT2D eigenvalue weighted by Gasteiger charge is 2.17. The van der Waals surface area contributed by atoms with E-state index < -0.39 is 6.10 Å². The number of hydrogen-bond donors (Lipinski definition) is 2. The zero-order valence-corrected chi connectivity index (χ0v) is 9.01. The molecule has 1 heterocycles. The average molecular weight is 197 g/mol. The van der Waals surface area contributed by atoms with Crippen molar-refractivity contribution >= 4 is 0 Å². The van der Waals surface area contributed by atoms with Crippen LogP contribution in [-0.4, -0.2) is 20.9 Å². The molecule has 1 aromatic rings. The minimum atomic E-state index is -0.604. The zero-order valence-electron chi connectivity index (χ0n) is 9.01. The van der Waals surface area contributed by atoms with Crippen LogP contribution in [-0.2, 0) is 0 Å². The smallest absolute Gasteiger partial charge is 0.0971 e. The Morgan fingerprint density at radius 3 is 2.64 bits per heavy atom. The second-order valence-electron chi connectivity index (χ2n) is 3.86. The second-order valence-corrected chi connectivity index (χ2v) is 3.86. The van der Waals surface area contributed by atoms with Crippen LogP contribution in [0.25, 0.3) is 0 Å². The summed E-state index contributed by atoms with van der Waals surface area (Å²) in [5.74, 6) is 0. The summed E-state index contributed by atoms with van der Waals surface area (Å²) >= 11 is 0. The van der Waals surface area contributed by atoms with E-state index in [4.69, 9.17) is 5.73 Å². The highest BCUT2D eigenvalue weighted by molar-refractivity contribution is 5.10. The lowest BCUT2D eigenvalue weighted by Gasteiger charge is -2.15. The minimum absolute atomic E-state index is 0.209. The molecule has 0 aliphatic rings. The van der Waals surface area contributed by atoms with Crippen LogP contribution in [0, 0.1) is 0 Å². The Balaban J connectivity index is 2.76. The Morgan fingerprint density at radius 1 is 1.57 bits per heavy atom. The fourth-order valence-corrected chi connectivity index (χ4v) is 1.26. The molecule has 0 saturated carbocycles. The van der Waals surface area contributed by atoms with E-state index in [1.54, 1.807) is 6.20 Å². The summed E-state index contributed by atoms with van der Waals surface area (Å²) in [4.78, 5) is 0. The van der Waals surface area contributed by atoms with Crippen LogP contribution in [0.2, 0.25) is 0 Å². The Kier molecular flexibility index (Phi) is 3.66. The molecule has 0 amide bonds. The lowest BCUT2D eigenvalue weighted by molar-refractivity contribution is 0.144. The van der Waals surface area contributed by atoms with Gasteiger partial charge in [0.25, 0.3) is 0 Å². The first kappa shape index (κ1) is 11.2. The molecule has 0 spiro atoms. The Hall–Kier alpha value is -0.870. The van der Waals surface area contributed by atoms with Gasteiger partial charge in [0.2, 0.25) is 0 Å². The number of nitrogens with zero attached hydrogens (tertiary/aromatic N) is 2. The summed E-state index contributed by atoms with van der Waals surface area (Å²) in [5, 5.41) is 14.0. The molecule has 0 saturated heterocycles. The molecular formula is C10H19N3O. The van der Waals surface area contributed by atoms with Crippen LogP contribution < -0.4 is 5.73 Å². The number of rotatable bonds is 4. The van der Waals surface area contributed by atoms with Crippen molar-refractivity contribution in [1.82, 2.24) is 9.78 Å². The molecule has 0 aliphatic heterocycles. The highest BCUT2D eigenvalue weighted by atomic mass is 16.3. The van der Waals surface area contributed by atoms with Crippen molar-refractivity contribution < 1.29 is 5.11 Å². The van der Waals surface area contributed by atoms with E-state index in [-0.39, 0.29) is 6.04 Å². The van der Waals surface area contributed by atoms with Crippen molar-refractivity contribution in [3.05, 3.63) is 18.0 Å². The van der Waals surface area contributed by atoms with Gasteiger partial charge in [-0.25, -0.2) is 0 Å². The first-order chi connectivity index (χ1) is 6.56. The number of nitrogens with two attached hydrogens (primary N) is 1. The van der Waals surface area contributed by atoms with Crippen LogP contribution in [0.1, 0.15) is 44.9 Å². The molecule has 0 aliphatic carbocycles. The van der Waals surface area contributed by atoms with Gasteiger partial charge in [0.1, 0.15) is 0 Å². The Labute approximate surface area is 84.7 Å². The van der Waals surface area contributed by atoms with Crippen LogP contribution in [0.4, 0.5) is 0 Å². The molecule has 2 atom stereocenters. The molecule has 14 heavy (non-hydrogen) atoms. The molecule has 0 aromatic carbocycles. The maximum atomic E-state index is 9.81. The first-order valence-corrected chi connectivity index (χ1v) is 5.04. The number of aromatic nitrogens is 2. The standard InChI is InChI=1S/C10H19N3O/c1-4-9(11)10(14)8-5-12-13(6-8)7(2)3/h5-7,9-10,14H,4,11H2,1-3H3.